The average molecular weight is 1670 g/mol. The number of sulfonamides is 3. The van der Waals surface area contributed by atoms with Gasteiger partial charge in [-0.1, -0.05) is 150 Å². The van der Waals surface area contributed by atoms with E-state index in [0.717, 1.165) is 79.8 Å². The van der Waals surface area contributed by atoms with Gasteiger partial charge in [0.05, 0.1) is 110 Å². The number of hydrogen-bond acceptors (Lipinski definition) is 21. The van der Waals surface area contributed by atoms with Crippen LogP contribution in [0.1, 0.15) is 110 Å². The molecule has 2 aliphatic heterocycles. The molecule has 628 valence electrons. The number of nitrogens with zero attached hydrogens (tertiary/aromatic N) is 5. The fraction of sp³-hybridized carbons (Fsp3) is 0.506. The number of nitrogens with two attached hydrogens (primary N) is 1. The highest BCUT2D eigenvalue weighted by Crippen LogP contribution is 2.53. The second kappa shape index (κ2) is 46.6. The van der Waals surface area contributed by atoms with E-state index in [1.807, 2.05) is 63.2 Å². The summed E-state index contributed by atoms with van der Waals surface area (Å²) < 4.78 is 180. The third-order valence-corrected chi connectivity index (χ3v) is 24.9. The molecule has 10 rings (SSSR count). The molecule has 0 bridgehead atoms. The van der Waals surface area contributed by atoms with Crippen LogP contribution < -0.4 is 5.73 Å². The second-order valence-corrected chi connectivity index (χ2v) is 35.1. The molecule has 7 aromatic rings. The minimum absolute atomic E-state index is 0.000718. The molecule has 1 aliphatic carbocycles. The number of carbonyl (C=O) groups excluding carboxylic acids is 2. The second-order valence-electron chi connectivity index (χ2n) is 27.6. The number of nitrogens with one attached hydrogen (secondary N) is 1. The number of para-hydroxylation sites is 3. The van der Waals surface area contributed by atoms with Crippen molar-refractivity contribution in [3.05, 3.63) is 179 Å². The first-order chi connectivity index (χ1) is 53.4. The maximum absolute atomic E-state index is 14.3. The van der Waals surface area contributed by atoms with Gasteiger partial charge in [-0.3, -0.25) is 19.4 Å². The number of aliphatic hydroxyl groups is 4. The standard InChI is InChI=1S/C18H15S.C13H10N2.C12H16F6N3O8S3.C12H27NO6.C12H19N.C12H22O3/c1-4-10-16(11-5-1)19(17-12-6-2-7-13-17)18-14-8-3-9-15-18;1-2-6-10(7-3-1)13-14-11-8-4-5-9-12(11)15-13;1-30(23,24)19-31(25,26)11(15,16)10(13,14)12(17,18)32(27,28)21-5-3-20(4-6-21)8-2-7-29-9(8)22;14-4-10-17-7-1-13(2-8-18-11-5-15)3-9-19-12-6-16;1-8(2)10-6-5-7-11(9(3)4)12(10)13;1-4-12(2,3)15-11(14)9-5-7-10(13)8-6-9/h1-15H;1-9H,(H,14,15);8H,2-7H2,1H3;14-16H,1-12H2;5-9H,13H2,1-4H3;9-10,13H,4-8H2,1-3H3/q+1;;-1;;;. The van der Waals surface area contributed by atoms with Crippen LogP contribution in [0.4, 0.5) is 32.0 Å². The van der Waals surface area contributed by atoms with Crippen molar-refractivity contribution in [2.45, 2.75) is 148 Å². The van der Waals surface area contributed by atoms with Gasteiger partial charge in [0.25, 0.3) is 10.0 Å². The first kappa shape index (κ1) is 96.5. The van der Waals surface area contributed by atoms with Crippen LogP contribution in [-0.4, -0.2) is 234 Å². The number of rotatable bonds is 32. The number of cyclic esters (lactones) is 1. The Kier molecular flexibility index (Phi) is 39.8. The topological polar surface area (TPSA) is 342 Å². The van der Waals surface area contributed by atoms with E-state index < -0.39 is 84.7 Å². The molecule has 3 heterocycles. The molecule has 2 saturated heterocycles. The molecule has 1 aromatic heterocycles. The average Bonchev–Trinajstić information content (AvgIpc) is 1.23. The van der Waals surface area contributed by atoms with E-state index in [0.29, 0.717) is 51.5 Å². The molecule has 3 aliphatic rings. The van der Waals surface area contributed by atoms with Crippen LogP contribution >= 0.6 is 0 Å². The van der Waals surface area contributed by atoms with E-state index in [-0.39, 0.29) is 77.9 Å². The lowest BCUT2D eigenvalue weighted by Gasteiger charge is -2.40. The van der Waals surface area contributed by atoms with Gasteiger partial charge in [0.1, 0.15) is 17.5 Å². The van der Waals surface area contributed by atoms with Gasteiger partial charge in [0.15, 0.2) is 24.7 Å². The van der Waals surface area contributed by atoms with E-state index in [4.69, 9.17) is 44.7 Å². The maximum atomic E-state index is 14.3. The SMILES string of the molecule is CC(C)c1cccc(C(C)C)c1N.CCC(C)(C)OC(=O)C1CCC(O)CC1.CS(=O)(=O)[N-]S(=O)(=O)C(F)(F)C(F)(F)C(F)(F)S(=O)(=O)N1CCN(C2CCOC2=O)CC1.OCCOCCN(CCOCCO)CCOCCO.c1ccc(-c2nc3ccccc3[nH]2)cc1.c1ccc([S+](c2ccccc2)c2ccccc2)cc1. The lowest BCUT2D eigenvalue weighted by Crippen LogP contribution is -2.64. The van der Waals surface area contributed by atoms with Crippen LogP contribution in [0.5, 0.6) is 0 Å². The summed E-state index contributed by atoms with van der Waals surface area (Å²) >= 11 is 0. The van der Waals surface area contributed by atoms with Crippen LogP contribution in [-0.2, 0) is 74.2 Å². The number of H-pyrrole nitrogens is 1. The molecule has 34 heteroatoms. The van der Waals surface area contributed by atoms with Crippen molar-refractivity contribution in [1.82, 2.24) is 24.1 Å². The zero-order chi connectivity index (χ0) is 83.6. The number of hydrogen-bond donors (Lipinski definition) is 6. The molecule has 0 spiro atoms. The summed E-state index contributed by atoms with van der Waals surface area (Å²) in [6, 6.07) is 55.9. The van der Waals surface area contributed by atoms with E-state index in [1.54, 1.807) is 0 Å². The summed E-state index contributed by atoms with van der Waals surface area (Å²) in [6.45, 7) is 16.9. The van der Waals surface area contributed by atoms with Gasteiger partial charge in [-0.05, 0) is 117 Å². The summed E-state index contributed by atoms with van der Waals surface area (Å²) in [6.07, 6.45) is 3.71. The maximum Gasteiger partial charge on any atom is 0.428 e. The number of fused-ring (bicyclic) bond motifs is 1. The lowest BCUT2D eigenvalue weighted by molar-refractivity contribution is -0.244. The molecule has 0 radical (unpaired) electrons. The normalized spacial score (nSPS) is 16.7. The van der Waals surface area contributed by atoms with Crippen molar-refractivity contribution in [3.8, 4) is 11.4 Å². The summed E-state index contributed by atoms with van der Waals surface area (Å²) in [5, 5.41) is 21.6. The fourth-order valence-corrected chi connectivity index (χ4v) is 17.3. The minimum Gasteiger partial charge on any atom is -0.464 e. The molecule has 24 nitrogen and oxygen atoms in total. The molecule has 7 N–H and O–H groups in total. The summed E-state index contributed by atoms with van der Waals surface area (Å²) in [5.74, 6) is -5.92. The van der Waals surface area contributed by atoms with Crippen molar-refractivity contribution in [3.63, 3.8) is 0 Å². The Balaban J connectivity index is 0.000000249. The number of nitrogen functional groups attached to an aromatic ring is 1. The molecule has 0 amide bonds. The number of esters is 2. The third kappa shape index (κ3) is 29.5. The van der Waals surface area contributed by atoms with Crippen molar-refractivity contribution >= 4 is 69.6 Å². The van der Waals surface area contributed by atoms with Crippen molar-refractivity contribution in [2.75, 3.05) is 124 Å². The number of anilines is 1. The Morgan fingerprint density at radius 2 is 1.06 bits per heavy atom. The van der Waals surface area contributed by atoms with Gasteiger partial charge in [0, 0.05) is 69.7 Å². The van der Waals surface area contributed by atoms with Crippen LogP contribution in [0.15, 0.2) is 178 Å². The molecular formula is C79H109F6N7O17S4. The van der Waals surface area contributed by atoms with Crippen LogP contribution in [0, 0.1) is 5.92 Å². The Morgan fingerprint density at radius 3 is 1.46 bits per heavy atom. The zero-order valence-electron chi connectivity index (χ0n) is 65.0. The number of alkyl halides is 6. The highest BCUT2D eigenvalue weighted by molar-refractivity contribution is 8.12. The Hall–Kier alpha value is -7.13. The molecule has 1 atom stereocenters. The molecule has 3 fully saturated rings. The quantitative estimate of drug-likeness (QED) is 0.00750. The van der Waals surface area contributed by atoms with Crippen molar-refractivity contribution in [1.29, 1.82) is 0 Å². The highest BCUT2D eigenvalue weighted by atomic mass is 32.3. The number of ether oxygens (including phenoxy) is 5. The monoisotopic (exact) mass is 1670 g/mol. The van der Waals surface area contributed by atoms with Gasteiger partial charge in [0.2, 0.25) is 0 Å². The Bertz CT molecular complexity index is 4110. The van der Waals surface area contributed by atoms with E-state index in [2.05, 4.69) is 164 Å². The Morgan fingerprint density at radius 1 is 0.628 bits per heavy atom. The van der Waals surface area contributed by atoms with Crippen LogP contribution in [0.3, 0.4) is 0 Å². The third-order valence-electron chi connectivity index (χ3n) is 18.0. The summed E-state index contributed by atoms with van der Waals surface area (Å²) in [4.78, 5) is 38.7. The van der Waals surface area contributed by atoms with E-state index >= 15 is 0 Å². The minimum atomic E-state index is -7.14. The van der Waals surface area contributed by atoms with Crippen LogP contribution in [0.2, 0.25) is 0 Å². The van der Waals surface area contributed by atoms with Gasteiger partial charge < -0.3 is 59.0 Å². The van der Waals surface area contributed by atoms with E-state index in [1.165, 1.54) is 34.8 Å². The first-order valence-corrected chi connectivity index (χ1v) is 43.0. The largest absolute Gasteiger partial charge is 0.464 e. The molecule has 1 saturated carbocycles. The number of piperazine rings is 1. The van der Waals surface area contributed by atoms with Crippen LogP contribution in [0.25, 0.3) is 26.5 Å². The summed E-state index contributed by atoms with van der Waals surface area (Å²) in [5.41, 5.74) is 12.5. The van der Waals surface area contributed by atoms with Gasteiger partial charge >= 0.3 is 28.4 Å². The zero-order valence-corrected chi connectivity index (χ0v) is 68.3. The number of benzene rings is 6. The number of carbonyl (C=O) groups is 2. The molecule has 1 unspecified atom stereocenters. The number of aromatic nitrogens is 2. The predicted octanol–water partition coefficient (Wildman–Crippen LogP) is 11.8. The van der Waals surface area contributed by atoms with Crippen molar-refractivity contribution < 1.29 is 105 Å². The number of halogens is 6. The number of aromatic amines is 1. The highest BCUT2D eigenvalue weighted by Gasteiger charge is 2.81. The lowest BCUT2D eigenvalue weighted by atomic mass is 9.87. The van der Waals surface area contributed by atoms with Gasteiger partial charge in [-0.15, -0.1) is 0 Å². The number of imidazole rings is 1. The molecule has 6 aromatic carbocycles. The summed E-state index contributed by atoms with van der Waals surface area (Å²) in [7, 11) is -19.0. The Labute approximate surface area is 663 Å². The molecule has 113 heavy (non-hydrogen) atoms. The number of aliphatic hydroxyl groups excluding tert-OH is 4. The predicted molar refractivity (Wildman–Crippen MR) is 424 cm³/mol. The van der Waals surface area contributed by atoms with Gasteiger partial charge in [-0.2, -0.15) is 30.6 Å². The molecular weight excluding hydrogens is 1560 g/mol. The smallest absolute Gasteiger partial charge is 0.428 e. The van der Waals surface area contributed by atoms with Gasteiger partial charge in [-0.25, -0.2) is 30.2 Å². The van der Waals surface area contributed by atoms with Crippen molar-refractivity contribution in [2.24, 2.45) is 5.92 Å². The first-order valence-electron chi connectivity index (χ1n) is 37.1. The van der Waals surface area contributed by atoms with E-state index in [9.17, 15) is 66.3 Å². The fourth-order valence-electron chi connectivity index (χ4n) is 11.5.